The molecule has 1 N–H and O–H groups in total. The molecule has 1 fully saturated rings. The molecule has 0 radical (unpaired) electrons. The Kier molecular flexibility index (Phi) is 6.21. The first kappa shape index (κ1) is 20.9. The molecule has 0 saturated heterocycles. The zero-order valence-electron chi connectivity index (χ0n) is 18.2. The van der Waals surface area contributed by atoms with Gasteiger partial charge in [0.25, 0.3) is 0 Å². The summed E-state index contributed by atoms with van der Waals surface area (Å²) in [6.45, 7) is 1.88. The Balaban J connectivity index is 1.52. The molecular formula is C24H28N4O3. The molecule has 7 nitrogen and oxygen atoms in total. The third-order valence-electron chi connectivity index (χ3n) is 5.91. The summed E-state index contributed by atoms with van der Waals surface area (Å²) >= 11 is 0. The summed E-state index contributed by atoms with van der Waals surface area (Å²) in [5.41, 5.74) is 4.20. The molecule has 1 aliphatic rings. The van der Waals surface area contributed by atoms with E-state index >= 15 is 0 Å². The standard InChI is InChI=1S/C24H28N4O3/c1-4-24(29)26-19-10-11-20(14-19)28-21(15-25-27-28)17-7-5-16(6-8-17)18-9-12-22(30-2)23(13-18)31-3/h5-9,12-13,15,19-20H,4,10-11,14H2,1-3H3,(H,26,29). The first-order chi connectivity index (χ1) is 15.1. The lowest BCUT2D eigenvalue weighted by atomic mass is 10.0. The Morgan fingerprint density at radius 2 is 1.74 bits per heavy atom. The second kappa shape index (κ2) is 9.20. The van der Waals surface area contributed by atoms with Crippen molar-refractivity contribution in [1.29, 1.82) is 0 Å². The molecule has 3 aromatic rings. The Morgan fingerprint density at radius 3 is 2.45 bits per heavy atom. The van der Waals surface area contributed by atoms with Gasteiger partial charge in [-0.15, -0.1) is 5.10 Å². The van der Waals surface area contributed by atoms with Gasteiger partial charge in [0.05, 0.1) is 32.2 Å². The van der Waals surface area contributed by atoms with E-state index in [2.05, 4.69) is 39.9 Å². The lowest BCUT2D eigenvalue weighted by molar-refractivity contribution is -0.121. The van der Waals surface area contributed by atoms with Crippen molar-refractivity contribution in [2.45, 2.75) is 44.7 Å². The monoisotopic (exact) mass is 420 g/mol. The number of rotatable bonds is 7. The second-order valence-electron chi connectivity index (χ2n) is 7.80. The first-order valence-corrected chi connectivity index (χ1v) is 10.6. The van der Waals surface area contributed by atoms with Gasteiger partial charge in [-0.1, -0.05) is 42.5 Å². The minimum Gasteiger partial charge on any atom is -0.493 e. The first-order valence-electron chi connectivity index (χ1n) is 10.6. The number of benzene rings is 2. The normalized spacial score (nSPS) is 18.0. The maximum atomic E-state index is 11.7. The fourth-order valence-corrected chi connectivity index (χ4v) is 4.21. The van der Waals surface area contributed by atoms with Crippen LogP contribution in [0.25, 0.3) is 22.4 Å². The van der Waals surface area contributed by atoms with E-state index in [4.69, 9.17) is 9.47 Å². The van der Waals surface area contributed by atoms with Crippen LogP contribution in [0.2, 0.25) is 0 Å². The summed E-state index contributed by atoms with van der Waals surface area (Å²) in [7, 11) is 3.27. The van der Waals surface area contributed by atoms with E-state index in [1.807, 2.05) is 36.0 Å². The van der Waals surface area contributed by atoms with Gasteiger partial charge >= 0.3 is 0 Å². The number of aromatic nitrogens is 3. The molecule has 1 aromatic heterocycles. The summed E-state index contributed by atoms with van der Waals surface area (Å²) in [6, 6.07) is 14.7. The smallest absolute Gasteiger partial charge is 0.219 e. The van der Waals surface area contributed by atoms with E-state index in [0.29, 0.717) is 17.9 Å². The van der Waals surface area contributed by atoms with Gasteiger partial charge in [-0.05, 0) is 42.5 Å². The van der Waals surface area contributed by atoms with Gasteiger partial charge in [-0.2, -0.15) is 0 Å². The summed E-state index contributed by atoms with van der Waals surface area (Å²) in [4.78, 5) is 11.7. The van der Waals surface area contributed by atoms with Gasteiger partial charge in [-0.25, -0.2) is 4.68 Å². The molecule has 0 aliphatic heterocycles. The molecule has 2 unspecified atom stereocenters. The predicted octanol–water partition coefficient (Wildman–Crippen LogP) is 4.25. The molecule has 1 amide bonds. The molecule has 0 spiro atoms. The number of methoxy groups -OCH3 is 2. The third-order valence-corrected chi connectivity index (χ3v) is 5.91. The molecule has 1 aliphatic carbocycles. The van der Waals surface area contributed by atoms with Gasteiger partial charge in [0, 0.05) is 18.0 Å². The Hall–Kier alpha value is -3.35. The van der Waals surface area contributed by atoms with Crippen LogP contribution in [-0.2, 0) is 4.79 Å². The van der Waals surface area contributed by atoms with Crippen LogP contribution in [0, 0.1) is 0 Å². The predicted molar refractivity (Wildman–Crippen MR) is 119 cm³/mol. The lowest BCUT2D eigenvalue weighted by Crippen LogP contribution is -2.32. The number of amides is 1. The van der Waals surface area contributed by atoms with E-state index in [0.717, 1.165) is 41.6 Å². The van der Waals surface area contributed by atoms with E-state index < -0.39 is 0 Å². The Labute approximate surface area is 182 Å². The topological polar surface area (TPSA) is 78.3 Å². The lowest BCUT2D eigenvalue weighted by Gasteiger charge is -2.15. The van der Waals surface area contributed by atoms with Crippen molar-refractivity contribution in [3.63, 3.8) is 0 Å². The zero-order chi connectivity index (χ0) is 21.8. The average molecular weight is 421 g/mol. The van der Waals surface area contributed by atoms with Crippen molar-refractivity contribution in [2.75, 3.05) is 14.2 Å². The number of ether oxygens (including phenoxy) is 2. The molecule has 0 bridgehead atoms. The van der Waals surface area contributed by atoms with Crippen LogP contribution in [0.15, 0.2) is 48.7 Å². The van der Waals surface area contributed by atoms with Gasteiger partial charge < -0.3 is 14.8 Å². The van der Waals surface area contributed by atoms with Crippen LogP contribution < -0.4 is 14.8 Å². The zero-order valence-corrected chi connectivity index (χ0v) is 18.2. The van der Waals surface area contributed by atoms with Crippen molar-refractivity contribution in [3.05, 3.63) is 48.7 Å². The summed E-state index contributed by atoms with van der Waals surface area (Å²) < 4.78 is 12.8. The highest BCUT2D eigenvalue weighted by Gasteiger charge is 2.29. The van der Waals surface area contributed by atoms with Crippen molar-refractivity contribution in [1.82, 2.24) is 20.3 Å². The summed E-state index contributed by atoms with van der Waals surface area (Å²) in [5, 5.41) is 11.6. The van der Waals surface area contributed by atoms with Crippen LogP contribution in [0.5, 0.6) is 11.5 Å². The number of nitrogens with zero attached hydrogens (tertiary/aromatic N) is 3. The van der Waals surface area contributed by atoms with E-state index in [1.54, 1.807) is 14.2 Å². The third kappa shape index (κ3) is 4.40. The van der Waals surface area contributed by atoms with Crippen LogP contribution in [0.3, 0.4) is 0 Å². The minimum absolute atomic E-state index is 0.107. The van der Waals surface area contributed by atoms with E-state index in [1.165, 1.54) is 0 Å². The molecule has 1 heterocycles. The largest absolute Gasteiger partial charge is 0.493 e. The van der Waals surface area contributed by atoms with Crippen molar-refractivity contribution in [3.8, 4) is 33.9 Å². The van der Waals surface area contributed by atoms with Gasteiger partial charge in [0.2, 0.25) is 5.91 Å². The molecule has 7 heteroatoms. The summed E-state index contributed by atoms with van der Waals surface area (Å²) in [6.07, 6.45) is 5.15. The van der Waals surface area contributed by atoms with Crippen molar-refractivity contribution >= 4 is 5.91 Å². The van der Waals surface area contributed by atoms with Crippen LogP contribution >= 0.6 is 0 Å². The van der Waals surface area contributed by atoms with Crippen molar-refractivity contribution < 1.29 is 14.3 Å². The quantitative estimate of drug-likeness (QED) is 0.618. The highest BCUT2D eigenvalue weighted by Crippen LogP contribution is 2.35. The second-order valence-corrected chi connectivity index (χ2v) is 7.80. The molecule has 2 aromatic carbocycles. The maximum absolute atomic E-state index is 11.7. The maximum Gasteiger partial charge on any atom is 0.219 e. The number of hydrogen-bond acceptors (Lipinski definition) is 5. The van der Waals surface area contributed by atoms with E-state index in [-0.39, 0.29) is 18.0 Å². The van der Waals surface area contributed by atoms with Crippen LogP contribution in [0.4, 0.5) is 0 Å². The fraction of sp³-hybridized carbons (Fsp3) is 0.375. The highest BCUT2D eigenvalue weighted by atomic mass is 16.5. The van der Waals surface area contributed by atoms with Gasteiger partial charge in [0.15, 0.2) is 11.5 Å². The number of hydrogen-bond donors (Lipinski definition) is 1. The minimum atomic E-state index is 0.107. The van der Waals surface area contributed by atoms with Crippen LogP contribution in [0.1, 0.15) is 38.6 Å². The van der Waals surface area contributed by atoms with Gasteiger partial charge in [-0.3, -0.25) is 4.79 Å². The Morgan fingerprint density at radius 1 is 1.03 bits per heavy atom. The summed E-state index contributed by atoms with van der Waals surface area (Å²) in [5.74, 6) is 1.52. The van der Waals surface area contributed by atoms with Crippen LogP contribution in [-0.4, -0.2) is 41.2 Å². The number of nitrogens with one attached hydrogen (secondary N) is 1. The number of carbonyl (C=O) groups is 1. The molecule has 162 valence electrons. The highest BCUT2D eigenvalue weighted by molar-refractivity contribution is 5.76. The molecule has 2 atom stereocenters. The average Bonchev–Trinajstić information content (AvgIpc) is 3.48. The van der Waals surface area contributed by atoms with E-state index in [9.17, 15) is 4.79 Å². The number of carbonyl (C=O) groups excluding carboxylic acids is 1. The molecule has 1 saturated carbocycles. The SMILES string of the molecule is CCC(=O)NC1CCC(n2nncc2-c2ccc(-c3ccc(OC)c(OC)c3)cc2)C1. The van der Waals surface area contributed by atoms with Gasteiger partial charge in [0.1, 0.15) is 0 Å². The molecule has 4 rings (SSSR count). The fourth-order valence-electron chi connectivity index (χ4n) is 4.21. The molecule has 31 heavy (non-hydrogen) atoms. The molecular weight excluding hydrogens is 392 g/mol. The Bertz CT molecular complexity index is 1050. The van der Waals surface area contributed by atoms with Crippen molar-refractivity contribution in [2.24, 2.45) is 0 Å².